The van der Waals surface area contributed by atoms with Gasteiger partial charge in [-0.3, -0.25) is 0 Å². The highest BCUT2D eigenvalue weighted by Gasteiger charge is 2.12. The van der Waals surface area contributed by atoms with Crippen molar-refractivity contribution in [3.8, 4) is 0 Å². The van der Waals surface area contributed by atoms with Crippen LogP contribution in [0.4, 0.5) is 0 Å². The number of rotatable bonds is 3. The molecule has 0 saturated carbocycles. The number of para-hydroxylation sites is 1. The summed E-state index contributed by atoms with van der Waals surface area (Å²) in [4.78, 5) is 0. The van der Waals surface area contributed by atoms with E-state index in [4.69, 9.17) is 0 Å². The van der Waals surface area contributed by atoms with Gasteiger partial charge in [0.25, 0.3) is 0 Å². The minimum atomic E-state index is 1.09. The van der Waals surface area contributed by atoms with Crippen molar-refractivity contribution in [1.29, 1.82) is 0 Å². The van der Waals surface area contributed by atoms with E-state index in [1.54, 1.807) is 0 Å². The molecule has 27 heavy (non-hydrogen) atoms. The lowest BCUT2D eigenvalue weighted by Crippen LogP contribution is -1.92. The predicted molar refractivity (Wildman–Crippen MR) is 119 cm³/mol. The molecular formula is C26H25N. The van der Waals surface area contributed by atoms with E-state index in [-0.39, 0.29) is 0 Å². The minimum absolute atomic E-state index is 1.09. The Bertz CT molecular complexity index is 1200. The molecular weight excluding hydrogens is 326 g/mol. The number of aryl methyl sites for hydroxylation is 3. The van der Waals surface area contributed by atoms with E-state index >= 15 is 0 Å². The molecule has 1 aromatic heterocycles. The fourth-order valence-corrected chi connectivity index (χ4v) is 3.85. The van der Waals surface area contributed by atoms with Crippen LogP contribution in [-0.4, -0.2) is 4.57 Å². The lowest BCUT2D eigenvalue weighted by molar-refractivity contribution is 1.01. The number of fused-ring (bicyclic) bond motifs is 3. The first kappa shape index (κ1) is 17.4. The zero-order chi connectivity index (χ0) is 19.1. The van der Waals surface area contributed by atoms with Gasteiger partial charge < -0.3 is 4.57 Å². The second-order valence-electron chi connectivity index (χ2n) is 7.48. The molecule has 0 unspecified atom stereocenters. The first-order valence-electron chi connectivity index (χ1n) is 9.38. The first-order valence-corrected chi connectivity index (χ1v) is 9.38. The SMILES string of the molecule is C=C(/C(C)=C/c1ccc(C)cc1)c1cc2c3ccccc3n(C)c2cc1C. The Morgan fingerprint density at radius 2 is 1.59 bits per heavy atom. The third kappa shape index (κ3) is 3.00. The summed E-state index contributed by atoms with van der Waals surface area (Å²) in [6.45, 7) is 10.9. The summed E-state index contributed by atoms with van der Waals surface area (Å²) in [6, 6.07) is 21.8. The summed E-state index contributed by atoms with van der Waals surface area (Å²) in [5, 5.41) is 2.59. The van der Waals surface area contributed by atoms with Crippen LogP contribution in [-0.2, 0) is 7.05 Å². The Morgan fingerprint density at radius 3 is 2.33 bits per heavy atom. The molecule has 0 aliphatic rings. The van der Waals surface area contributed by atoms with Crippen LogP contribution in [0.1, 0.15) is 29.2 Å². The van der Waals surface area contributed by atoms with Gasteiger partial charge in [0.05, 0.1) is 0 Å². The van der Waals surface area contributed by atoms with Crippen LogP contribution in [0.15, 0.2) is 72.8 Å². The molecule has 1 heterocycles. The van der Waals surface area contributed by atoms with Gasteiger partial charge >= 0.3 is 0 Å². The maximum atomic E-state index is 4.42. The van der Waals surface area contributed by atoms with E-state index in [0.717, 1.165) is 5.57 Å². The molecule has 4 aromatic rings. The van der Waals surface area contributed by atoms with Gasteiger partial charge in [0.1, 0.15) is 0 Å². The molecule has 0 radical (unpaired) electrons. The zero-order valence-electron chi connectivity index (χ0n) is 16.5. The molecule has 134 valence electrons. The molecule has 4 rings (SSSR count). The Labute approximate surface area is 161 Å². The van der Waals surface area contributed by atoms with Crippen LogP contribution in [0.2, 0.25) is 0 Å². The number of aromatic nitrogens is 1. The van der Waals surface area contributed by atoms with Crippen molar-refractivity contribution in [2.24, 2.45) is 7.05 Å². The zero-order valence-corrected chi connectivity index (χ0v) is 16.5. The van der Waals surface area contributed by atoms with Crippen molar-refractivity contribution in [3.05, 3.63) is 95.1 Å². The molecule has 1 heteroatoms. The Balaban J connectivity index is 1.83. The topological polar surface area (TPSA) is 4.93 Å². The lowest BCUT2D eigenvalue weighted by Gasteiger charge is -2.12. The van der Waals surface area contributed by atoms with Crippen molar-refractivity contribution in [2.75, 3.05) is 0 Å². The van der Waals surface area contributed by atoms with E-state index in [1.165, 1.54) is 49.6 Å². The third-order valence-electron chi connectivity index (χ3n) is 5.52. The Morgan fingerprint density at radius 1 is 0.889 bits per heavy atom. The monoisotopic (exact) mass is 351 g/mol. The van der Waals surface area contributed by atoms with Crippen molar-refractivity contribution in [3.63, 3.8) is 0 Å². The highest BCUT2D eigenvalue weighted by Crippen LogP contribution is 2.34. The summed E-state index contributed by atoms with van der Waals surface area (Å²) in [6.07, 6.45) is 2.22. The summed E-state index contributed by atoms with van der Waals surface area (Å²) in [5.41, 5.74) is 9.79. The van der Waals surface area contributed by atoms with Gasteiger partial charge in [-0.05, 0) is 66.8 Å². The van der Waals surface area contributed by atoms with Crippen LogP contribution in [0, 0.1) is 13.8 Å². The van der Waals surface area contributed by atoms with E-state index in [2.05, 4.69) is 106 Å². The summed E-state index contributed by atoms with van der Waals surface area (Å²) >= 11 is 0. The Kier molecular flexibility index (Phi) is 4.24. The molecule has 0 bridgehead atoms. The fourth-order valence-electron chi connectivity index (χ4n) is 3.85. The van der Waals surface area contributed by atoms with Gasteiger partial charge in [-0.2, -0.15) is 0 Å². The first-order chi connectivity index (χ1) is 13.0. The van der Waals surface area contributed by atoms with Crippen LogP contribution < -0.4 is 0 Å². The molecule has 0 N–H and O–H groups in total. The lowest BCUT2D eigenvalue weighted by atomic mass is 9.93. The smallest absolute Gasteiger partial charge is 0.0491 e. The Hall–Kier alpha value is -3.06. The van der Waals surface area contributed by atoms with E-state index in [0.29, 0.717) is 0 Å². The van der Waals surface area contributed by atoms with E-state index in [9.17, 15) is 0 Å². The standard InChI is InChI=1S/C26H25N/c1-17-10-12-21(13-11-17)14-18(2)20(4)23-16-24-22-8-6-7-9-25(22)27(5)26(24)15-19(23)3/h6-16H,4H2,1-3,5H3/b18-14+. The third-order valence-corrected chi connectivity index (χ3v) is 5.52. The van der Waals surface area contributed by atoms with Crippen LogP contribution in [0.5, 0.6) is 0 Å². The second kappa shape index (κ2) is 6.59. The van der Waals surface area contributed by atoms with Gasteiger partial charge in [-0.1, -0.05) is 60.7 Å². The van der Waals surface area contributed by atoms with Crippen LogP contribution >= 0.6 is 0 Å². The summed E-state index contributed by atoms with van der Waals surface area (Å²) in [5.74, 6) is 0. The second-order valence-corrected chi connectivity index (χ2v) is 7.48. The highest BCUT2D eigenvalue weighted by atomic mass is 14.9. The van der Waals surface area contributed by atoms with E-state index < -0.39 is 0 Å². The van der Waals surface area contributed by atoms with Crippen molar-refractivity contribution in [2.45, 2.75) is 20.8 Å². The largest absolute Gasteiger partial charge is 0.344 e. The molecule has 0 spiro atoms. The average molecular weight is 351 g/mol. The van der Waals surface area contributed by atoms with Gasteiger partial charge in [-0.15, -0.1) is 0 Å². The molecule has 1 nitrogen and oxygen atoms in total. The quantitative estimate of drug-likeness (QED) is 0.348. The molecule has 3 aromatic carbocycles. The van der Waals surface area contributed by atoms with Crippen LogP contribution in [0.3, 0.4) is 0 Å². The minimum Gasteiger partial charge on any atom is -0.344 e. The molecule has 0 aliphatic heterocycles. The molecule has 0 fully saturated rings. The molecule has 0 aliphatic carbocycles. The highest BCUT2D eigenvalue weighted by molar-refractivity contribution is 6.09. The number of benzene rings is 3. The molecule has 0 saturated heterocycles. The maximum absolute atomic E-state index is 4.42. The average Bonchev–Trinajstić information content (AvgIpc) is 2.94. The maximum Gasteiger partial charge on any atom is 0.0491 e. The van der Waals surface area contributed by atoms with Gasteiger partial charge in [0, 0.05) is 28.9 Å². The summed E-state index contributed by atoms with van der Waals surface area (Å²) in [7, 11) is 2.14. The van der Waals surface area contributed by atoms with Crippen molar-refractivity contribution in [1.82, 2.24) is 4.57 Å². The number of nitrogens with zero attached hydrogens (tertiary/aromatic N) is 1. The molecule has 0 amide bonds. The van der Waals surface area contributed by atoms with E-state index in [1.807, 2.05) is 0 Å². The predicted octanol–water partition coefficient (Wildman–Crippen LogP) is 7.07. The van der Waals surface area contributed by atoms with Crippen LogP contribution in [0.25, 0.3) is 33.5 Å². The van der Waals surface area contributed by atoms with Gasteiger partial charge in [0.15, 0.2) is 0 Å². The number of allylic oxidation sites excluding steroid dienone is 2. The van der Waals surface area contributed by atoms with Crippen molar-refractivity contribution >= 4 is 33.5 Å². The summed E-state index contributed by atoms with van der Waals surface area (Å²) < 4.78 is 2.28. The normalized spacial score (nSPS) is 12.1. The van der Waals surface area contributed by atoms with Gasteiger partial charge in [-0.25, -0.2) is 0 Å². The number of hydrogen-bond donors (Lipinski definition) is 0. The molecule has 0 atom stereocenters. The fraction of sp³-hybridized carbons (Fsp3) is 0.154. The van der Waals surface area contributed by atoms with Gasteiger partial charge in [0.2, 0.25) is 0 Å². The van der Waals surface area contributed by atoms with Crippen molar-refractivity contribution < 1.29 is 0 Å². The number of hydrogen-bond acceptors (Lipinski definition) is 0.